The van der Waals surface area contributed by atoms with Crippen molar-refractivity contribution in [2.75, 3.05) is 19.6 Å². The Morgan fingerprint density at radius 1 is 1.59 bits per heavy atom. The van der Waals surface area contributed by atoms with Crippen LogP contribution in [0.1, 0.15) is 37.7 Å². The maximum Gasteiger partial charge on any atom is 0.251 e. The van der Waals surface area contributed by atoms with Crippen LogP contribution < -0.4 is 5.56 Å². The molecule has 17 heavy (non-hydrogen) atoms. The highest BCUT2D eigenvalue weighted by atomic mass is 16.1. The van der Waals surface area contributed by atoms with Gasteiger partial charge in [0, 0.05) is 30.8 Å². The number of aromatic nitrogens is 2. The topological polar surface area (TPSA) is 49.0 Å². The van der Waals surface area contributed by atoms with Crippen molar-refractivity contribution in [3.8, 4) is 0 Å². The molecule has 0 radical (unpaired) electrons. The van der Waals surface area contributed by atoms with Crippen LogP contribution in [0.5, 0.6) is 0 Å². The highest BCUT2D eigenvalue weighted by Crippen LogP contribution is 2.24. The van der Waals surface area contributed by atoms with Gasteiger partial charge in [0.15, 0.2) is 0 Å². The number of aromatic amines is 1. The van der Waals surface area contributed by atoms with Crippen molar-refractivity contribution in [2.45, 2.75) is 33.1 Å². The zero-order chi connectivity index (χ0) is 12.4. The molecule has 0 saturated carbocycles. The molecule has 1 aromatic rings. The third kappa shape index (κ3) is 3.16. The Balaban J connectivity index is 2.07. The number of hydrogen-bond acceptors (Lipinski definition) is 3. The molecule has 4 heteroatoms. The Morgan fingerprint density at radius 2 is 2.35 bits per heavy atom. The van der Waals surface area contributed by atoms with Gasteiger partial charge in [-0.2, -0.15) is 0 Å². The molecule has 1 fully saturated rings. The number of H-pyrrole nitrogens is 1. The van der Waals surface area contributed by atoms with E-state index in [0.29, 0.717) is 11.8 Å². The van der Waals surface area contributed by atoms with Crippen molar-refractivity contribution in [1.29, 1.82) is 0 Å². The van der Waals surface area contributed by atoms with Gasteiger partial charge in [0.2, 0.25) is 0 Å². The van der Waals surface area contributed by atoms with E-state index in [1.165, 1.54) is 0 Å². The lowest BCUT2D eigenvalue weighted by Crippen LogP contribution is -2.25. The average molecular weight is 235 g/mol. The van der Waals surface area contributed by atoms with Gasteiger partial charge < -0.3 is 9.88 Å². The van der Waals surface area contributed by atoms with Gasteiger partial charge in [0.05, 0.1) is 0 Å². The Labute approximate surface area is 102 Å². The summed E-state index contributed by atoms with van der Waals surface area (Å²) < 4.78 is 0. The van der Waals surface area contributed by atoms with Crippen LogP contribution in [0, 0.1) is 12.8 Å². The van der Waals surface area contributed by atoms with Crippen molar-refractivity contribution in [3.63, 3.8) is 0 Å². The molecule has 1 aliphatic heterocycles. The zero-order valence-corrected chi connectivity index (χ0v) is 10.9. The van der Waals surface area contributed by atoms with Gasteiger partial charge in [-0.15, -0.1) is 0 Å². The molecular formula is C13H21N3O. The Morgan fingerprint density at radius 3 is 3.00 bits per heavy atom. The molecule has 94 valence electrons. The fraction of sp³-hybridized carbons (Fsp3) is 0.692. The van der Waals surface area contributed by atoms with Crippen LogP contribution in [-0.4, -0.2) is 34.5 Å². The third-order valence-corrected chi connectivity index (χ3v) is 3.17. The first kappa shape index (κ1) is 12.3. The second-order valence-corrected chi connectivity index (χ2v) is 5.41. The van der Waals surface area contributed by atoms with E-state index in [-0.39, 0.29) is 5.56 Å². The Kier molecular flexibility index (Phi) is 3.62. The van der Waals surface area contributed by atoms with E-state index in [2.05, 4.69) is 28.7 Å². The monoisotopic (exact) mass is 235 g/mol. The van der Waals surface area contributed by atoms with Crippen LogP contribution in [0.25, 0.3) is 0 Å². The minimum absolute atomic E-state index is 0.0326. The summed E-state index contributed by atoms with van der Waals surface area (Å²) in [5, 5.41) is 0. The zero-order valence-electron chi connectivity index (χ0n) is 10.9. The second-order valence-electron chi connectivity index (χ2n) is 5.41. The van der Waals surface area contributed by atoms with Crippen molar-refractivity contribution in [3.05, 3.63) is 27.9 Å². The van der Waals surface area contributed by atoms with Crippen LogP contribution in [0.3, 0.4) is 0 Å². The van der Waals surface area contributed by atoms with Crippen LogP contribution in [0.15, 0.2) is 10.9 Å². The van der Waals surface area contributed by atoms with Crippen LogP contribution in [0.4, 0.5) is 0 Å². The number of likely N-dealkylation sites (tertiary alicyclic amines) is 1. The Hall–Kier alpha value is -1.16. The molecule has 4 nitrogen and oxygen atoms in total. The summed E-state index contributed by atoms with van der Waals surface area (Å²) in [5.74, 6) is 1.95. The fourth-order valence-corrected chi connectivity index (χ4v) is 2.53. The highest BCUT2D eigenvalue weighted by Gasteiger charge is 2.25. The molecule has 1 atom stereocenters. The predicted molar refractivity (Wildman–Crippen MR) is 68.2 cm³/mol. The van der Waals surface area contributed by atoms with Crippen molar-refractivity contribution < 1.29 is 0 Å². The van der Waals surface area contributed by atoms with E-state index >= 15 is 0 Å². The molecule has 1 aromatic heterocycles. The molecule has 1 unspecified atom stereocenters. The minimum Gasteiger partial charge on any atom is -0.310 e. The second kappa shape index (κ2) is 5.00. The third-order valence-electron chi connectivity index (χ3n) is 3.17. The van der Waals surface area contributed by atoms with Crippen LogP contribution in [-0.2, 0) is 0 Å². The summed E-state index contributed by atoms with van der Waals surface area (Å²) in [6.45, 7) is 9.61. The van der Waals surface area contributed by atoms with Gasteiger partial charge in [0.1, 0.15) is 5.82 Å². The first-order chi connectivity index (χ1) is 8.04. The number of aryl methyl sites for hydroxylation is 1. The van der Waals surface area contributed by atoms with E-state index in [4.69, 9.17) is 0 Å². The maximum atomic E-state index is 11.4. The van der Waals surface area contributed by atoms with Gasteiger partial charge in [-0.05, 0) is 25.8 Å². The summed E-state index contributed by atoms with van der Waals surface area (Å²) in [7, 11) is 0. The number of rotatable bonds is 3. The SMILES string of the molecule is Cc1cc(=O)[nH]c(C2CCN(CC(C)C)C2)n1. The van der Waals surface area contributed by atoms with Crippen molar-refractivity contribution in [2.24, 2.45) is 5.92 Å². The predicted octanol–water partition coefficient (Wildman–Crippen LogP) is 1.52. The molecular weight excluding hydrogens is 214 g/mol. The van der Waals surface area contributed by atoms with E-state index in [0.717, 1.165) is 37.6 Å². The lowest BCUT2D eigenvalue weighted by molar-refractivity contribution is 0.294. The fourth-order valence-electron chi connectivity index (χ4n) is 2.53. The van der Waals surface area contributed by atoms with Gasteiger partial charge in [-0.25, -0.2) is 4.98 Å². The smallest absolute Gasteiger partial charge is 0.251 e. The van der Waals surface area contributed by atoms with Crippen molar-refractivity contribution in [1.82, 2.24) is 14.9 Å². The van der Waals surface area contributed by atoms with E-state index < -0.39 is 0 Å². The molecule has 0 aromatic carbocycles. The standard InChI is InChI=1S/C13H21N3O/c1-9(2)7-16-5-4-11(8-16)13-14-10(3)6-12(17)15-13/h6,9,11H,4-5,7-8H2,1-3H3,(H,14,15,17). The van der Waals surface area contributed by atoms with E-state index in [1.807, 2.05) is 6.92 Å². The summed E-state index contributed by atoms with van der Waals surface area (Å²) >= 11 is 0. The van der Waals surface area contributed by atoms with Crippen LogP contribution >= 0.6 is 0 Å². The molecule has 2 heterocycles. The summed E-state index contributed by atoms with van der Waals surface area (Å²) in [5.41, 5.74) is 0.779. The summed E-state index contributed by atoms with van der Waals surface area (Å²) in [6.07, 6.45) is 1.10. The lowest BCUT2D eigenvalue weighted by atomic mass is 10.1. The molecule has 1 aliphatic rings. The number of nitrogens with zero attached hydrogens (tertiary/aromatic N) is 2. The summed E-state index contributed by atoms with van der Waals surface area (Å²) in [6, 6.07) is 1.55. The van der Waals surface area contributed by atoms with E-state index in [1.54, 1.807) is 6.07 Å². The molecule has 2 rings (SSSR count). The van der Waals surface area contributed by atoms with E-state index in [9.17, 15) is 4.79 Å². The largest absolute Gasteiger partial charge is 0.310 e. The molecule has 0 bridgehead atoms. The first-order valence-electron chi connectivity index (χ1n) is 6.35. The average Bonchev–Trinajstić information content (AvgIpc) is 2.63. The molecule has 0 aliphatic carbocycles. The molecule has 0 amide bonds. The lowest BCUT2D eigenvalue weighted by Gasteiger charge is -2.17. The van der Waals surface area contributed by atoms with Crippen molar-refractivity contribution >= 4 is 0 Å². The van der Waals surface area contributed by atoms with Gasteiger partial charge in [0.25, 0.3) is 5.56 Å². The molecule has 1 N–H and O–H groups in total. The molecule has 1 saturated heterocycles. The maximum absolute atomic E-state index is 11.4. The highest BCUT2D eigenvalue weighted by molar-refractivity contribution is 5.06. The molecule has 0 spiro atoms. The minimum atomic E-state index is -0.0326. The Bertz CT molecular complexity index is 439. The van der Waals surface area contributed by atoms with Gasteiger partial charge in [-0.1, -0.05) is 13.8 Å². The van der Waals surface area contributed by atoms with Crippen LogP contribution in [0.2, 0.25) is 0 Å². The quantitative estimate of drug-likeness (QED) is 0.864. The van der Waals surface area contributed by atoms with Gasteiger partial charge >= 0.3 is 0 Å². The number of nitrogens with one attached hydrogen (secondary N) is 1. The number of hydrogen-bond donors (Lipinski definition) is 1. The summed E-state index contributed by atoms with van der Waals surface area (Å²) in [4.78, 5) is 21.2. The van der Waals surface area contributed by atoms with Gasteiger partial charge in [-0.3, -0.25) is 4.79 Å². The first-order valence-corrected chi connectivity index (χ1v) is 6.35. The normalized spacial score (nSPS) is 21.3.